The van der Waals surface area contributed by atoms with Gasteiger partial charge in [0.05, 0.1) is 13.2 Å². The molecule has 0 unspecified atom stereocenters. The van der Waals surface area contributed by atoms with E-state index < -0.39 is 0 Å². The van der Waals surface area contributed by atoms with Crippen LogP contribution in [-0.4, -0.2) is 50.2 Å². The Balaban J connectivity index is 1.66. The lowest BCUT2D eigenvalue weighted by molar-refractivity contribution is 0.0746. The SMILES string of the molecule is CCOc1ccc(C(=O)N2CCN(c3ccc(Cl)cc3)CC2)cc1OCC. The standard InChI is InChI=1S/C21H25ClN2O3/c1-3-26-19-10-5-16(15-20(19)27-4-2)21(25)24-13-11-23(12-14-24)18-8-6-17(22)7-9-18/h5-10,15H,3-4,11-14H2,1-2H3. The van der Waals surface area contributed by atoms with E-state index in [1.54, 1.807) is 12.1 Å². The molecular formula is C21H25ClN2O3. The number of benzene rings is 2. The van der Waals surface area contributed by atoms with Crippen LogP contribution in [0.5, 0.6) is 11.5 Å². The highest BCUT2D eigenvalue weighted by atomic mass is 35.5. The van der Waals surface area contributed by atoms with Crippen molar-refractivity contribution in [2.45, 2.75) is 13.8 Å². The average molecular weight is 389 g/mol. The molecule has 3 rings (SSSR count). The largest absolute Gasteiger partial charge is 0.490 e. The zero-order valence-corrected chi connectivity index (χ0v) is 16.5. The molecule has 2 aromatic carbocycles. The number of rotatable bonds is 6. The van der Waals surface area contributed by atoms with Gasteiger partial charge in [-0.25, -0.2) is 0 Å². The molecular weight excluding hydrogens is 364 g/mol. The van der Waals surface area contributed by atoms with Crippen molar-refractivity contribution in [3.05, 3.63) is 53.1 Å². The maximum Gasteiger partial charge on any atom is 0.254 e. The lowest BCUT2D eigenvalue weighted by Crippen LogP contribution is -2.48. The van der Waals surface area contributed by atoms with Gasteiger partial charge in [0.1, 0.15) is 0 Å². The van der Waals surface area contributed by atoms with Crippen molar-refractivity contribution in [1.82, 2.24) is 4.90 Å². The molecule has 27 heavy (non-hydrogen) atoms. The van der Waals surface area contributed by atoms with E-state index in [0.29, 0.717) is 43.4 Å². The predicted octanol–water partition coefficient (Wildman–Crippen LogP) is 4.10. The smallest absolute Gasteiger partial charge is 0.254 e. The van der Waals surface area contributed by atoms with Crippen molar-refractivity contribution in [2.24, 2.45) is 0 Å². The first-order chi connectivity index (χ1) is 13.1. The first-order valence-electron chi connectivity index (χ1n) is 9.31. The Morgan fingerprint density at radius 2 is 1.56 bits per heavy atom. The van der Waals surface area contributed by atoms with Crippen molar-refractivity contribution >= 4 is 23.2 Å². The van der Waals surface area contributed by atoms with E-state index in [-0.39, 0.29) is 5.91 Å². The number of anilines is 1. The van der Waals surface area contributed by atoms with Crippen molar-refractivity contribution in [3.63, 3.8) is 0 Å². The minimum atomic E-state index is 0.0229. The number of hydrogen-bond acceptors (Lipinski definition) is 4. The highest BCUT2D eigenvalue weighted by Crippen LogP contribution is 2.29. The van der Waals surface area contributed by atoms with Gasteiger partial charge in [-0.2, -0.15) is 0 Å². The Morgan fingerprint density at radius 3 is 2.19 bits per heavy atom. The molecule has 2 aromatic rings. The summed E-state index contributed by atoms with van der Waals surface area (Å²) in [4.78, 5) is 17.1. The van der Waals surface area contributed by atoms with E-state index >= 15 is 0 Å². The van der Waals surface area contributed by atoms with Gasteiger partial charge in [-0.15, -0.1) is 0 Å². The topological polar surface area (TPSA) is 42.0 Å². The van der Waals surface area contributed by atoms with E-state index in [0.717, 1.165) is 23.8 Å². The van der Waals surface area contributed by atoms with Gasteiger partial charge in [0.2, 0.25) is 0 Å². The van der Waals surface area contributed by atoms with Crippen molar-refractivity contribution in [1.29, 1.82) is 0 Å². The van der Waals surface area contributed by atoms with Crippen molar-refractivity contribution < 1.29 is 14.3 Å². The van der Waals surface area contributed by atoms with Crippen LogP contribution in [0.2, 0.25) is 5.02 Å². The summed E-state index contributed by atoms with van der Waals surface area (Å²) in [5.74, 6) is 1.31. The van der Waals surface area contributed by atoms with Gasteiger partial charge in [-0.05, 0) is 56.3 Å². The van der Waals surface area contributed by atoms with Gasteiger partial charge in [-0.3, -0.25) is 4.79 Å². The molecule has 0 atom stereocenters. The lowest BCUT2D eigenvalue weighted by atomic mass is 10.1. The number of hydrogen-bond donors (Lipinski definition) is 0. The number of carbonyl (C=O) groups excluding carboxylic acids is 1. The minimum Gasteiger partial charge on any atom is -0.490 e. The summed E-state index contributed by atoms with van der Waals surface area (Å²) < 4.78 is 11.2. The molecule has 0 bridgehead atoms. The zero-order chi connectivity index (χ0) is 19.2. The molecule has 1 amide bonds. The highest BCUT2D eigenvalue weighted by Gasteiger charge is 2.23. The van der Waals surface area contributed by atoms with Gasteiger partial charge in [0.25, 0.3) is 5.91 Å². The summed E-state index contributed by atoms with van der Waals surface area (Å²) in [6.07, 6.45) is 0. The van der Waals surface area contributed by atoms with Gasteiger partial charge in [-0.1, -0.05) is 11.6 Å². The average Bonchev–Trinajstić information content (AvgIpc) is 2.70. The molecule has 0 N–H and O–H groups in total. The quantitative estimate of drug-likeness (QED) is 0.747. The summed E-state index contributed by atoms with van der Waals surface area (Å²) >= 11 is 5.96. The number of nitrogens with zero attached hydrogens (tertiary/aromatic N) is 2. The summed E-state index contributed by atoms with van der Waals surface area (Å²) in [5.41, 5.74) is 1.76. The Labute approximate surface area is 165 Å². The Hall–Kier alpha value is -2.40. The molecule has 0 aromatic heterocycles. The Morgan fingerprint density at radius 1 is 0.926 bits per heavy atom. The van der Waals surface area contributed by atoms with Crippen LogP contribution in [0.25, 0.3) is 0 Å². The van der Waals surface area contributed by atoms with E-state index in [1.165, 1.54) is 0 Å². The molecule has 1 fully saturated rings. The molecule has 5 nitrogen and oxygen atoms in total. The second-order valence-electron chi connectivity index (χ2n) is 6.28. The van der Waals surface area contributed by atoms with Gasteiger partial charge < -0.3 is 19.3 Å². The molecule has 1 heterocycles. The second-order valence-corrected chi connectivity index (χ2v) is 6.72. The van der Waals surface area contributed by atoms with Crippen LogP contribution >= 0.6 is 11.6 Å². The number of piperazine rings is 1. The molecule has 0 saturated carbocycles. The van der Waals surface area contributed by atoms with Crippen LogP contribution in [0.3, 0.4) is 0 Å². The third kappa shape index (κ3) is 4.66. The summed E-state index contributed by atoms with van der Waals surface area (Å²) in [6.45, 7) is 7.87. The molecule has 0 spiro atoms. The number of amides is 1. The fraction of sp³-hybridized carbons (Fsp3) is 0.381. The maximum absolute atomic E-state index is 12.9. The third-order valence-corrected chi connectivity index (χ3v) is 4.80. The monoisotopic (exact) mass is 388 g/mol. The van der Waals surface area contributed by atoms with Gasteiger partial charge in [0.15, 0.2) is 11.5 Å². The molecule has 1 aliphatic rings. The lowest BCUT2D eigenvalue weighted by Gasteiger charge is -2.36. The minimum absolute atomic E-state index is 0.0229. The van der Waals surface area contributed by atoms with Crippen LogP contribution in [0.1, 0.15) is 24.2 Å². The van der Waals surface area contributed by atoms with Crippen LogP contribution in [-0.2, 0) is 0 Å². The van der Waals surface area contributed by atoms with Crippen LogP contribution in [0, 0.1) is 0 Å². The van der Waals surface area contributed by atoms with E-state index in [9.17, 15) is 4.79 Å². The molecule has 0 aliphatic carbocycles. The van der Waals surface area contributed by atoms with Crippen LogP contribution in [0.15, 0.2) is 42.5 Å². The maximum atomic E-state index is 12.9. The molecule has 1 aliphatic heterocycles. The third-order valence-electron chi connectivity index (χ3n) is 4.55. The fourth-order valence-corrected chi connectivity index (χ4v) is 3.31. The van der Waals surface area contributed by atoms with Crippen molar-refractivity contribution in [3.8, 4) is 11.5 Å². The Bertz CT molecular complexity index is 771. The van der Waals surface area contributed by atoms with E-state index in [4.69, 9.17) is 21.1 Å². The summed E-state index contributed by atoms with van der Waals surface area (Å²) in [7, 11) is 0. The molecule has 0 radical (unpaired) electrons. The zero-order valence-electron chi connectivity index (χ0n) is 15.8. The van der Waals surface area contributed by atoms with E-state index in [1.807, 2.05) is 49.1 Å². The molecule has 1 saturated heterocycles. The van der Waals surface area contributed by atoms with Crippen LogP contribution in [0.4, 0.5) is 5.69 Å². The molecule has 6 heteroatoms. The number of halogens is 1. The highest BCUT2D eigenvalue weighted by molar-refractivity contribution is 6.30. The summed E-state index contributed by atoms with van der Waals surface area (Å²) in [5, 5.41) is 0.730. The van der Waals surface area contributed by atoms with Crippen molar-refractivity contribution in [2.75, 3.05) is 44.3 Å². The summed E-state index contributed by atoms with van der Waals surface area (Å²) in [6, 6.07) is 13.2. The predicted molar refractivity (Wildman–Crippen MR) is 108 cm³/mol. The molecule has 144 valence electrons. The first kappa shape index (κ1) is 19.4. The van der Waals surface area contributed by atoms with Crippen LogP contribution < -0.4 is 14.4 Å². The normalized spacial score (nSPS) is 14.2. The van der Waals surface area contributed by atoms with Gasteiger partial charge >= 0.3 is 0 Å². The first-order valence-corrected chi connectivity index (χ1v) is 9.69. The second kappa shape index (κ2) is 9.00. The number of ether oxygens (including phenoxy) is 2. The number of carbonyl (C=O) groups is 1. The Kier molecular flexibility index (Phi) is 6.45. The van der Waals surface area contributed by atoms with Gasteiger partial charge in [0, 0.05) is 42.5 Å². The van der Waals surface area contributed by atoms with E-state index in [2.05, 4.69) is 4.90 Å². The fourth-order valence-electron chi connectivity index (χ4n) is 3.19.